The number of hydrogen-bond donors (Lipinski definition) is 1. The Morgan fingerprint density at radius 1 is 1.00 bits per heavy atom. The van der Waals surface area contributed by atoms with E-state index in [2.05, 4.69) is 20.0 Å². The van der Waals surface area contributed by atoms with Crippen LogP contribution in [0.2, 0.25) is 0 Å². The summed E-state index contributed by atoms with van der Waals surface area (Å²) in [7, 11) is 0. The third-order valence-electron chi connectivity index (χ3n) is 6.21. The Morgan fingerprint density at radius 3 is 2.65 bits per heavy atom. The second-order valence-electron chi connectivity index (χ2n) is 8.39. The van der Waals surface area contributed by atoms with Crippen LogP contribution in [0.4, 0.5) is 5.69 Å². The van der Waals surface area contributed by atoms with E-state index in [1.54, 1.807) is 36.8 Å². The fourth-order valence-corrected chi connectivity index (χ4v) is 4.51. The number of fused-ring (bicyclic) bond motifs is 2. The molecule has 1 aliphatic rings. The van der Waals surface area contributed by atoms with Gasteiger partial charge in [-0.2, -0.15) is 5.10 Å². The Bertz CT molecular complexity index is 1620. The maximum absolute atomic E-state index is 11.5. The fraction of sp³-hybridized carbons (Fsp3) is 0.148. The van der Waals surface area contributed by atoms with Crippen molar-refractivity contribution in [3.05, 3.63) is 84.1 Å². The van der Waals surface area contributed by atoms with Crippen molar-refractivity contribution in [1.29, 1.82) is 0 Å². The Balaban J connectivity index is 0.00000168. The van der Waals surface area contributed by atoms with Gasteiger partial charge in [0.25, 0.3) is 0 Å². The first-order chi connectivity index (χ1) is 17.7. The van der Waals surface area contributed by atoms with E-state index < -0.39 is 5.97 Å². The molecule has 0 amide bonds. The van der Waals surface area contributed by atoms with Crippen molar-refractivity contribution >= 4 is 40.4 Å². The molecular weight excluding hydrogens is 479 g/mol. The molecule has 0 unspecified atom stereocenters. The first kappa shape index (κ1) is 25.0. The van der Waals surface area contributed by atoms with E-state index >= 15 is 0 Å². The molecule has 6 rings (SSSR count). The third-order valence-corrected chi connectivity index (χ3v) is 6.21. The van der Waals surface area contributed by atoms with Crippen molar-refractivity contribution in [2.24, 2.45) is 0 Å². The van der Waals surface area contributed by atoms with Gasteiger partial charge in [-0.15, -0.1) is 0 Å². The number of nitrogens with zero attached hydrogens (tertiary/aromatic N) is 6. The average Bonchev–Trinajstić information content (AvgIpc) is 3.31. The largest absolute Gasteiger partial charge is 1.00 e. The zero-order valence-corrected chi connectivity index (χ0v) is 22.3. The number of ether oxygens (including phenoxy) is 1. The van der Waals surface area contributed by atoms with Gasteiger partial charge in [0, 0.05) is 36.4 Å². The molecule has 0 bridgehead atoms. The van der Waals surface area contributed by atoms with Crippen LogP contribution in [-0.2, 0) is 4.74 Å². The van der Waals surface area contributed by atoms with E-state index in [0.717, 1.165) is 41.4 Å². The summed E-state index contributed by atoms with van der Waals surface area (Å²) in [5.41, 5.74) is 5.77. The van der Waals surface area contributed by atoms with E-state index in [9.17, 15) is 9.90 Å². The minimum absolute atomic E-state index is 0. The maximum atomic E-state index is 11.5. The molecule has 1 aromatic carbocycles. The first-order valence-electron chi connectivity index (χ1n) is 11.6. The van der Waals surface area contributed by atoms with Gasteiger partial charge in [0.15, 0.2) is 5.65 Å². The van der Waals surface area contributed by atoms with Crippen molar-refractivity contribution < 1.29 is 45.6 Å². The molecule has 4 aromatic heterocycles. The second-order valence-corrected chi connectivity index (χ2v) is 8.39. The van der Waals surface area contributed by atoms with E-state index in [1.165, 1.54) is 0 Å². The number of imidazole rings is 1. The summed E-state index contributed by atoms with van der Waals surface area (Å²) in [5.74, 6) is -0.972. The van der Waals surface area contributed by atoms with Gasteiger partial charge in [-0.1, -0.05) is 6.07 Å². The zero-order valence-electron chi connectivity index (χ0n) is 21.3. The summed E-state index contributed by atoms with van der Waals surface area (Å²) in [6.07, 6.45) is 9.11. The number of carbonyl (C=O) groups is 1. The number of benzene rings is 1. The summed E-state index contributed by atoms with van der Waals surface area (Å²) >= 11 is 0. The standard InChI is InChI=1S/C27H22N6O3.Na.H/c34-27(35)21-4-1-5-22-20(21)8-6-19(30-22)7-9-23-25(18-3-2-11-28-17-18)33-26(31-23)24(10-12-29-33)32-13-15-36-16-14-32;;/h1-12,17H,13-16H2,(H,34,35);;/q;+1;-1. The molecule has 1 aliphatic heterocycles. The molecule has 180 valence electrons. The molecule has 0 aliphatic carbocycles. The minimum atomic E-state index is -0.972. The maximum Gasteiger partial charge on any atom is 1.00 e. The molecule has 10 heteroatoms. The molecule has 5 aromatic rings. The van der Waals surface area contributed by atoms with E-state index in [4.69, 9.17) is 9.72 Å². The number of anilines is 1. The molecule has 1 fully saturated rings. The monoisotopic (exact) mass is 502 g/mol. The van der Waals surface area contributed by atoms with Gasteiger partial charge in [0.2, 0.25) is 0 Å². The number of aromatic nitrogens is 5. The van der Waals surface area contributed by atoms with Gasteiger partial charge in [0.05, 0.1) is 47.6 Å². The predicted octanol–water partition coefficient (Wildman–Crippen LogP) is 1.16. The van der Waals surface area contributed by atoms with E-state index in [0.29, 0.717) is 29.8 Å². The molecule has 0 saturated carbocycles. The van der Waals surface area contributed by atoms with Crippen molar-refractivity contribution in [1.82, 2.24) is 24.6 Å². The Hall–Kier alpha value is -3.63. The Morgan fingerprint density at radius 2 is 1.86 bits per heavy atom. The second kappa shape index (κ2) is 10.8. The molecular formula is C27H23N6NaO3. The first-order valence-corrected chi connectivity index (χ1v) is 11.6. The molecule has 0 atom stereocenters. The summed E-state index contributed by atoms with van der Waals surface area (Å²) in [6, 6.07) is 14.5. The van der Waals surface area contributed by atoms with Gasteiger partial charge in [0.1, 0.15) is 5.69 Å². The zero-order chi connectivity index (χ0) is 24.5. The molecule has 0 radical (unpaired) electrons. The summed E-state index contributed by atoms with van der Waals surface area (Å²) in [6.45, 7) is 2.93. The van der Waals surface area contributed by atoms with Gasteiger partial charge >= 0.3 is 35.5 Å². The van der Waals surface area contributed by atoms with Crippen LogP contribution in [0.25, 0.3) is 40.0 Å². The van der Waals surface area contributed by atoms with Crippen LogP contribution >= 0.6 is 0 Å². The quantitative estimate of drug-likeness (QED) is 0.357. The molecule has 0 spiro atoms. The van der Waals surface area contributed by atoms with Gasteiger partial charge in [-0.05, 0) is 54.6 Å². The van der Waals surface area contributed by atoms with Crippen molar-refractivity contribution in [2.45, 2.75) is 0 Å². The molecule has 1 N–H and O–H groups in total. The predicted molar refractivity (Wildman–Crippen MR) is 138 cm³/mol. The molecule has 5 heterocycles. The molecule has 1 saturated heterocycles. The van der Waals surface area contributed by atoms with Crippen LogP contribution < -0.4 is 34.5 Å². The van der Waals surface area contributed by atoms with Crippen molar-refractivity contribution in [3.8, 4) is 11.3 Å². The third kappa shape index (κ3) is 4.86. The number of carboxylic acids is 1. The smallest absolute Gasteiger partial charge is 1.00 e. The minimum Gasteiger partial charge on any atom is -1.00 e. The van der Waals surface area contributed by atoms with Crippen LogP contribution in [0.5, 0.6) is 0 Å². The van der Waals surface area contributed by atoms with Crippen LogP contribution in [0.3, 0.4) is 0 Å². The van der Waals surface area contributed by atoms with E-state index in [-0.39, 0.29) is 36.5 Å². The summed E-state index contributed by atoms with van der Waals surface area (Å²) in [5, 5.41) is 14.7. The number of aromatic carboxylic acids is 1. The number of carboxylic acid groups (broad SMARTS) is 1. The summed E-state index contributed by atoms with van der Waals surface area (Å²) < 4.78 is 7.38. The SMILES string of the molecule is O=C(O)c1cccc2nc(C=Cc3nc4c(N5CCOCC5)ccnn4c3-c3cccnc3)ccc12.[H-].[Na+]. The number of morpholine rings is 1. The van der Waals surface area contributed by atoms with Crippen LogP contribution in [-0.4, -0.2) is 61.9 Å². The fourth-order valence-electron chi connectivity index (χ4n) is 4.51. The number of hydrogen-bond acceptors (Lipinski definition) is 7. The van der Waals surface area contributed by atoms with Gasteiger partial charge in [-0.3, -0.25) is 4.98 Å². The van der Waals surface area contributed by atoms with Gasteiger partial charge in [-0.25, -0.2) is 19.3 Å². The van der Waals surface area contributed by atoms with Crippen molar-refractivity contribution in [2.75, 3.05) is 31.2 Å². The molecule has 37 heavy (non-hydrogen) atoms. The number of pyridine rings is 2. The Kier molecular flexibility index (Phi) is 7.29. The normalized spacial score (nSPS) is 13.8. The Labute approximate surface area is 236 Å². The van der Waals surface area contributed by atoms with E-state index in [1.807, 2.05) is 47.0 Å². The number of rotatable bonds is 5. The van der Waals surface area contributed by atoms with Gasteiger partial charge < -0.3 is 16.2 Å². The summed E-state index contributed by atoms with van der Waals surface area (Å²) in [4.78, 5) is 27.7. The van der Waals surface area contributed by atoms with Crippen molar-refractivity contribution in [3.63, 3.8) is 0 Å². The van der Waals surface area contributed by atoms with Crippen LogP contribution in [0.15, 0.2) is 67.1 Å². The topological polar surface area (TPSA) is 106 Å². The van der Waals surface area contributed by atoms with Crippen LogP contribution in [0.1, 0.15) is 23.2 Å². The average molecular weight is 503 g/mol. The molecule has 9 nitrogen and oxygen atoms in total. The van der Waals surface area contributed by atoms with Crippen LogP contribution in [0, 0.1) is 0 Å².